The number of carbonyl (C=O) groups is 1. The summed E-state index contributed by atoms with van der Waals surface area (Å²) in [7, 11) is -4.84. The molecular weight excluding hydrogens is 880 g/mol. The summed E-state index contributed by atoms with van der Waals surface area (Å²) in [5.74, 6) is -0.0443. The smallest absolute Gasteiger partial charge is 0.423 e. The number of aromatic amines is 1. The summed E-state index contributed by atoms with van der Waals surface area (Å²) in [6.45, 7) is -3.23. The Kier molecular flexibility index (Phi) is 12.1. The van der Waals surface area contributed by atoms with Crippen molar-refractivity contribution in [3.05, 3.63) is 135 Å². The average molecular weight is 920 g/mol. The second kappa shape index (κ2) is 17.7. The number of ether oxygens (including phenoxy) is 3. The molecule has 3 aromatic heterocycles. The van der Waals surface area contributed by atoms with Crippen LogP contribution in [0.4, 0.5) is 5.82 Å². The molecule has 328 valence electrons. The number of phosphoric acid groups is 1. The van der Waals surface area contributed by atoms with Crippen LogP contribution >= 0.6 is 26.0 Å². The maximum absolute atomic E-state index is 15.1. The Balaban J connectivity index is 1.01. The monoisotopic (exact) mass is 919 g/mol. The zero-order valence-electron chi connectivity index (χ0n) is 33.2. The van der Waals surface area contributed by atoms with E-state index in [0.29, 0.717) is 22.4 Å². The van der Waals surface area contributed by atoms with Gasteiger partial charge in [-0.05, 0) is 53.7 Å². The van der Waals surface area contributed by atoms with Gasteiger partial charge >= 0.3 is 26.3 Å². The molecule has 3 aliphatic heterocycles. The minimum absolute atomic E-state index is 0.0345. The minimum atomic E-state index is -4.84. The number of nitrogen functional groups attached to an aromatic ring is 1. The second-order valence-electron chi connectivity index (χ2n) is 14.9. The van der Waals surface area contributed by atoms with E-state index in [1.165, 1.54) is 23.4 Å². The third-order valence-corrected chi connectivity index (χ3v) is 15.2. The highest BCUT2D eigenvalue weighted by Gasteiger charge is 2.48. The Labute approximate surface area is 361 Å². The summed E-state index contributed by atoms with van der Waals surface area (Å²) < 4.78 is 73.1. The Morgan fingerprint density at radius 1 is 0.889 bits per heavy atom. The molecule has 3 aromatic carbocycles. The van der Waals surface area contributed by atoms with Crippen molar-refractivity contribution in [2.45, 2.75) is 62.4 Å². The molecule has 4 N–H and O–H groups in total. The van der Waals surface area contributed by atoms with Crippen LogP contribution in [0.3, 0.4) is 0 Å². The molecule has 3 aliphatic rings. The highest BCUT2D eigenvalue weighted by Crippen LogP contribution is 2.64. The van der Waals surface area contributed by atoms with Gasteiger partial charge in [0.2, 0.25) is 0 Å². The number of nitrogens with one attached hydrogen (secondary N) is 1. The first kappa shape index (κ1) is 43.0. The van der Waals surface area contributed by atoms with Gasteiger partial charge in [0.05, 0.1) is 42.9 Å². The Morgan fingerprint density at radius 2 is 1.57 bits per heavy atom. The van der Waals surface area contributed by atoms with Gasteiger partial charge in [0.15, 0.2) is 23.9 Å². The molecule has 0 amide bonds. The molecule has 9 rings (SSSR count). The van der Waals surface area contributed by atoms with E-state index in [0.717, 1.165) is 21.5 Å². The first-order chi connectivity index (χ1) is 30.3. The molecular formula is C40H39N7O13P2S. The van der Waals surface area contributed by atoms with Crippen molar-refractivity contribution in [1.29, 1.82) is 0 Å². The molecule has 6 aromatic rings. The van der Waals surface area contributed by atoms with Gasteiger partial charge in [0.25, 0.3) is 5.56 Å². The summed E-state index contributed by atoms with van der Waals surface area (Å²) in [4.78, 5) is 65.0. The number of imidazole rings is 1. The summed E-state index contributed by atoms with van der Waals surface area (Å²) >= 11 is 0.854. The van der Waals surface area contributed by atoms with E-state index < -0.39 is 75.3 Å². The van der Waals surface area contributed by atoms with Gasteiger partial charge in [-0.15, -0.1) is 0 Å². The fourth-order valence-electron chi connectivity index (χ4n) is 7.36. The molecule has 3 fully saturated rings. The Morgan fingerprint density at radius 3 is 2.30 bits per heavy atom. The van der Waals surface area contributed by atoms with E-state index >= 15 is 4.57 Å². The number of hydrogen-bond acceptors (Lipinski definition) is 17. The van der Waals surface area contributed by atoms with Crippen molar-refractivity contribution in [2.24, 2.45) is 0 Å². The number of aromatic nitrogens is 6. The molecule has 0 saturated carbocycles. The van der Waals surface area contributed by atoms with Crippen LogP contribution in [0.25, 0.3) is 22.3 Å². The van der Waals surface area contributed by atoms with E-state index in [1.807, 2.05) is 19.1 Å². The Bertz CT molecular complexity index is 2860. The lowest BCUT2D eigenvalue weighted by atomic mass is 10.1. The third kappa shape index (κ3) is 9.49. The first-order valence-corrected chi connectivity index (χ1v) is 24.2. The van der Waals surface area contributed by atoms with Gasteiger partial charge < -0.3 is 24.8 Å². The summed E-state index contributed by atoms with van der Waals surface area (Å²) in [6.07, 6.45) is -2.86. The standard InChI is InChI=1S/C40H39N7O13P2S/c1-23-7-11-26(12-8-23)39(49)58-27-13-9-24(10-14-27)20-63-62(53)55-19-29-15-31(38(57-29)47-22-44-33-34(41)42-21-43-35(33)47)59-61(51,52)54-18-28-16-32(60-62)37(56-28)46-17-30(36(48)45-40(46)50)25-5-3-2-4-6-25/h2-14,17,21-22,28-29,31-32,37-38H,15-16,18-20H2,1H3,(H,51,52)(H2,41,42,43)(H,45,48,50)/t28-,29-,31+,32+,37+,38+,62?/m0/s1. The molecule has 6 heterocycles. The summed E-state index contributed by atoms with van der Waals surface area (Å²) in [5, 5.41) is 0. The topological polar surface area (TPSA) is 261 Å². The number of fused-ring (bicyclic) bond motifs is 5. The predicted octanol–water partition coefficient (Wildman–Crippen LogP) is 5.69. The van der Waals surface area contributed by atoms with E-state index in [9.17, 15) is 23.8 Å². The maximum Gasteiger partial charge on any atom is 0.472 e. The van der Waals surface area contributed by atoms with Gasteiger partial charge in [-0.3, -0.25) is 37.0 Å². The van der Waals surface area contributed by atoms with Gasteiger partial charge in [-0.25, -0.2) is 33.7 Å². The zero-order valence-corrected chi connectivity index (χ0v) is 35.8. The van der Waals surface area contributed by atoms with Crippen molar-refractivity contribution < 1.29 is 51.1 Å². The number of rotatable bonds is 8. The van der Waals surface area contributed by atoms with Crippen molar-refractivity contribution in [3.8, 4) is 16.9 Å². The van der Waals surface area contributed by atoms with E-state index in [-0.39, 0.29) is 47.7 Å². The van der Waals surface area contributed by atoms with E-state index in [4.69, 9.17) is 38.0 Å². The van der Waals surface area contributed by atoms with Gasteiger partial charge in [0, 0.05) is 24.8 Å². The fourth-order valence-corrected chi connectivity index (χ4v) is 11.7. The zero-order chi connectivity index (χ0) is 43.9. The summed E-state index contributed by atoms with van der Waals surface area (Å²) in [5.41, 5.74) is 7.75. The third-order valence-electron chi connectivity index (χ3n) is 10.5. The SMILES string of the molecule is Cc1ccc(C(=O)Oc2ccc(CSP3(=O)OC[C@@H]4C[C@@H](OP(=O)(O)OC[C@@H]5C[C@@H](O3)[C@H](n3cc(-c6ccccc6)c(=O)[nH]c3=O)O5)[C@H](n3cnc5c(N)ncnc53)O4)cc2)cc1. The molecule has 0 spiro atoms. The van der Waals surface area contributed by atoms with Crippen molar-refractivity contribution in [1.82, 2.24) is 29.1 Å². The van der Waals surface area contributed by atoms with E-state index in [2.05, 4.69) is 19.9 Å². The first-order valence-electron chi connectivity index (χ1n) is 19.6. The minimum Gasteiger partial charge on any atom is -0.423 e. The van der Waals surface area contributed by atoms with Crippen LogP contribution < -0.4 is 21.7 Å². The number of nitrogens with zero attached hydrogens (tertiary/aromatic N) is 5. The lowest BCUT2D eigenvalue weighted by molar-refractivity contribution is -0.0642. The molecule has 63 heavy (non-hydrogen) atoms. The highest BCUT2D eigenvalue weighted by atomic mass is 32.7. The highest BCUT2D eigenvalue weighted by molar-refractivity contribution is 8.54. The van der Waals surface area contributed by atoms with Crippen LogP contribution in [-0.4, -0.2) is 77.6 Å². The molecule has 4 bridgehead atoms. The number of phosphoric ester groups is 1. The van der Waals surface area contributed by atoms with Crippen LogP contribution in [0.1, 0.15) is 46.8 Å². The molecule has 8 atom stereocenters. The van der Waals surface area contributed by atoms with Crippen molar-refractivity contribution in [2.75, 3.05) is 18.9 Å². The molecule has 3 saturated heterocycles. The number of aryl methyl sites for hydroxylation is 1. The maximum atomic E-state index is 15.1. The van der Waals surface area contributed by atoms with Gasteiger partial charge in [-0.2, -0.15) is 0 Å². The molecule has 2 unspecified atom stereocenters. The van der Waals surface area contributed by atoms with E-state index in [1.54, 1.807) is 66.7 Å². The van der Waals surface area contributed by atoms with Gasteiger partial charge in [-0.1, -0.05) is 60.2 Å². The predicted molar refractivity (Wildman–Crippen MR) is 227 cm³/mol. The number of benzene rings is 3. The fraction of sp³-hybridized carbons (Fsp3) is 0.300. The number of carbonyl (C=O) groups excluding carboxylic acids is 1. The molecule has 20 nitrogen and oxygen atoms in total. The normalized spacial score (nSPS) is 27.5. The number of hydrogen-bond donors (Lipinski definition) is 3. The molecule has 0 radical (unpaired) electrons. The van der Waals surface area contributed by atoms with Crippen LogP contribution in [-0.2, 0) is 42.5 Å². The summed E-state index contributed by atoms with van der Waals surface area (Å²) in [6, 6.07) is 22.2. The van der Waals surface area contributed by atoms with Crippen molar-refractivity contribution >= 4 is 49.0 Å². The lowest BCUT2D eigenvalue weighted by Crippen LogP contribution is -2.36. The van der Waals surface area contributed by atoms with Gasteiger partial charge in [0.1, 0.15) is 29.8 Å². The molecule has 23 heteroatoms. The van der Waals surface area contributed by atoms with Crippen molar-refractivity contribution in [3.63, 3.8) is 0 Å². The average Bonchev–Trinajstić information content (AvgIpc) is 3.99. The van der Waals surface area contributed by atoms with Crippen LogP contribution in [0.2, 0.25) is 0 Å². The molecule has 0 aliphatic carbocycles. The number of nitrogens with two attached hydrogens (primary N) is 1. The second-order valence-corrected chi connectivity index (χ2v) is 20.3. The quantitative estimate of drug-likeness (QED) is 0.0941. The van der Waals surface area contributed by atoms with Crippen LogP contribution in [0.5, 0.6) is 5.75 Å². The lowest BCUT2D eigenvalue weighted by Gasteiger charge is -2.26. The number of anilines is 1. The Hall–Kier alpha value is -5.31. The number of esters is 1. The number of H-pyrrole nitrogens is 1. The largest absolute Gasteiger partial charge is 0.472 e. The van der Waals surface area contributed by atoms with Crippen LogP contribution in [0.15, 0.2) is 107 Å². The van der Waals surface area contributed by atoms with Crippen LogP contribution in [0, 0.1) is 6.92 Å².